The van der Waals surface area contributed by atoms with Gasteiger partial charge in [-0.25, -0.2) is 9.59 Å². The molecular weight excluding hydrogens is 574 g/mol. The molecule has 10 heteroatoms. The summed E-state index contributed by atoms with van der Waals surface area (Å²) in [5, 5.41) is 25.2. The van der Waals surface area contributed by atoms with Crippen LogP contribution in [-0.2, 0) is 4.79 Å². The Kier molecular flexibility index (Phi) is 8.03. The Balaban J connectivity index is 1.73. The second-order valence-corrected chi connectivity index (χ2v) is 11.5. The van der Waals surface area contributed by atoms with Gasteiger partial charge in [0.05, 0.1) is 30.7 Å². The third-order valence-corrected chi connectivity index (χ3v) is 8.91. The number of carboxylic acids is 1. The third kappa shape index (κ3) is 5.11. The van der Waals surface area contributed by atoms with Crippen molar-refractivity contribution in [2.24, 2.45) is 5.92 Å². The molecule has 42 heavy (non-hydrogen) atoms. The number of ketones is 1. The van der Waals surface area contributed by atoms with Crippen molar-refractivity contribution in [2.45, 2.75) is 24.4 Å². The number of ether oxygens (including phenoxy) is 1. The van der Waals surface area contributed by atoms with Crippen LogP contribution in [0.2, 0.25) is 5.02 Å². The van der Waals surface area contributed by atoms with E-state index in [0.29, 0.717) is 38.0 Å². The molecule has 0 aliphatic carbocycles. The molecular formula is C32H26ClN3O5S. The van der Waals surface area contributed by atoms with E-state index in [2.05, 4.69) is 11.4 Å². The SMILES string of the molecule is COc1ccc(NC(=O)N2C(c3ccc(C#N)cc3)C(C(=O)c3cccc(Cl)c3)C(c3cccs3)C2(C)C(=O)O)cc1. The zero-order valence-electron chi connectivity index (χ0n) is 22.7. The summed E-state index contributed by atoms with van der Waals surface area (Å²) in [7, 11) is 1.53. The number of carbonyl (C=O) groups excluding carboxylic acids is 2. The highest BCUT2D eigenvalue weighted by Crippen LogP contribution is 2.57. The molecule has 8 nitrogen and oxygen atoms in total. The van der Waals surface area contributed by atoms with E-state index in [1.54, 1.807) is 84.9 Å². The van der Waals surface area contributed by atoms with E-state index in [1.165, 1.54) is 30.3 Å². The highest BCUT2D eigenvalue weighted by molar-refractivity contribution is 7.10. The number of methoxy groups -OCH3 is 1. The van der Waals surface area contributed by atoms with Gasteiger partial charge in [-0.15, -0.1) is 11.3 Å². The molecule has 4 atom stereocenters. The normalized spacial score (nSPS) is 21.4. The van der Waals surface area contributed by atoms with Gasteiger partial charge in [0.25, 0.3) is 0 Å². The van der Waals surface area contributed by atoms with E-state index in [4.69, 9.17) is 16.3 Å². The number of likely N-dealkylation sites (tertiary alicyclic amines) is 1. The number of benzene rings is 3. The molecule has 0 saturated carbocycles. The third-order valence-electron chi connectivity index (χ3n) is 7.72. The van der Waals surface area contributed by atoms with Crippen molar-refractivity contribution in [3.63, 3.8) is 0 Å². The molecule has 2 heterocycles. The summed E-state index contributed by atoms with van der Waals surface area (Å²) in [6.07, 6.45) is 0. The Labute approximate surface area is 251 Å². The molecule has 4 aromatic rings. The van der Waals surface area contributed by atoms with E-state index in [0.717, 1.165) is 0 Å². The van der Waals surface area contributed by atoms with Gasteiger partial charge in [-0.3, -0.25) is 9.69 Å². The monoisotopic (exact) mass is 599 g/mol. The van der Waals surface area contributed by atoms with Crippen LogP contribution in [0.4, 0.5) is 10.5 Å². The molecule has 4 unspecified atom stereocenters. The zero-order chi connectivity index (χ0) is 30.0. The summed E-state index contributed by atoms with van der Waals surface area (Å²) in [6, 6.07) is 23.6. The molecule has 1 saturated heterocycles. The number of aliphatic carboxylic acids is 1. The number of nitriles is 1. The number of Topliss-reactive ketones (excluding diaryl/α,β-unsaturated/α-hetero) is 1. The summed E-state index contributed by atoms with van der Waals surface area (Å²) in [6.45, 7) is 1.48. The number of anilines is 1. The number of thiophene rings is 1. The van der Waals surface area contributed by atoms with E-state index in [9.17, 15) is 24.8 Å². The maximum atomic E-state index is 14.4. The minimum Gasteiger partial charge on any atom is -0.497 e. The number of carbonyl (C=O) groups is 3. The standard InChI is InChI=1S/C32H26ClN3O5S/c1-32(30(38)39)27(25-7-4-16-42-25)26(29(37)21-5-3-6-22(33)17-21)28(20-10-8-19(18-34)9-11-20)36(32)31(40)35-23-12-14-24(41-2)15-13-23/h3-17,26-28H,1-2H3,(H,35,40)(H,38,39). The summed E-state index contributed by atoms with van der Waals surface area (Å²) < 4.78 is 5.21. The Morgan fingerprint density at radius 3 is 2.33 bits per heavy atom. The Morgan fingerprint density at radius 1 is 1.05 bits per heavy atom. The number of amides is 2. The average molecular weight is 600 g/mol. The van der Waals surface area contributed by atoms with Crippen LogP contribution < -0.4 is 10.1 Å². The van der Waals surface area contributed by atoms with E-state index >= 15 is 0 Å². The minimum absolute atomic E-state index is 0.304. The molecule has 1 aliphatic rings. The molecule has 0 radical (unpaired) electrons. The van der Waals surface area contributed by atoms with Gasteiger partial charge < -0.3 is 15.2 Å². The lowest BCUT2D eigenvalue weighted by atomic mass is 9.74. The first-order valence-corrected chi connectivity index (χ1v) is 14.3. The van der Waals surface area contributed by atoms with Crippen molar-refractivity contribution >= 4 is 46.4 Å². The predicted octanol–water partition coefficient (Wildman–Crippen LogP) is 7.00. The number of hydrogen-bond donors (Lipinski definition) is 2. The van der Waals surface area contributed by atoms with Crippen LogP contribution in [-0.4, -0.2) is 40.4 Å². The number of carboxylic acid groups (broad SMARTS) is 1. The van der Waals surface area contributed by atoms with Gasteiger partial charge in [-0.2, -0.15) is 5.26 Å². The smallest absolute Gasteiger partial charge is 0.330 e. The Hall–Kier alpha value is -4.65. The molecule has 5 rings (SSSR count). The van der Waals surface area contributed by atoms with Crippen molar-refractivity contribution < 1.29 is 24.2 Å². The topological polar surface area (TPSA) is 120 Å². The summed E-state index contributed by atoms with van der Waals surface area (Å²) >= 11 is 7.59. The molecule has 1 aromatic heterocycles. The van der Waals surface area contributed by atoms with Crippen LogP contribution in [0.5, 0.6) is 5.75 Å². The zero-order valence-corrected chi connectivity index (χ0v) is 24.2. The van der Waals surface area contributed by atoms with Crippen molar-refractivity contribution in [1.29, 1.82) is 5.26 Å². The summed E-state index contributed by atoms with van der Waals surface area (Å²) in [5.74, 6) is -2.94. The van der Waals surface area contributed by atoms with Gasteiger partial charge >= 0.3 is 12.0 Å². The van der Waals surface area contributed by atoms with Crippen LogP contribution in [0.25, 0.3) is 0 Å². The second kappa shape index (κ2) is 11.7. The molecule has 1 fully saturated rings. The van der Waals surface area contributed by atoms with E-state index < -0.39 is 35.4 Å². The number of rotatable bonds is 7. The van der Waals surface area contributed by atoms with Gasteiger partial charge in [-0.05, 0) is 72.5 Å². The first-order valence-electron chi connectivity index (χ1n) is 13.0. The lowest BCUT2D eigenvalue weighted by molar-refractivity contribution is -0.148. The molecule has 0 spiro atoms. The average Bonchev–Trinajstić information content (AvgIpc) is 3.62. The van der Waals surface area contributed by atoms with Gasteiger partial charge in [0, 0.05) is 27.1 Å². The van der Waals surface area contributed by atoms with Crippen LogP contribution in [0.15, 0.2) is 90.3 Å². The molecule has 0 bridgehead atoms. The van der Waals surface area contributed by atoms with E-state index in [1.807, 2.05) is 5.38 Å². The fourth-order valence-electron chi connectivity index (χ4n) is 5.73. The first kappa shape index (κ1) is 28.9. The van der Waals surface area contributed by atoms with Gasteiger partial charge in [0.15, 0.2) is 5.78 Å². The predicted molar refractivity (Wildman–Crippen MR) is 160 cm³/mol. The quantitative estimate of drug-likeness (QED) is 0.221. The van der Waals surface area contributed by atoms with Crippen LogP contribution in [0, 0.1) is 17.2 Å². The highest BCUT2D eigenvalue weighted by atomic mass is 35.5. The van der Waals surface area contributed by atoms with Gasteiger partial charge in [0.2, 0.25) is 0 Å². The molecule has 3 aromatic carbocycles. The van der Waals surface area contributed by atoms with Crippen molar-refractivity contribution in [2.75, 3.05) is 12.4 Å². The number of nitrogens with one attached hydrogen (secondary N) is 1. The number of hydrogen-bond acceptors (Lipinski definition) is 6. The lowest BCUT2D eigenvalue weighted by Crippen LogP contribution is -2.55. The minimum atomic E-state index is -1.85. The van der Waals surface area contributed by atoms with Crippen molar-refractivity contribution in [3.8, 4) is 11.8 Å². The Bertz CT molecular complexity index is 1670. The van der Waals surface area contributed by atoms with E-state index in [-0.39, 0.29) is 5.78 Å². The fraction of sp³-hybridized carbons (Fsp3) is 0.188. The number of nitrogens with zero attached hydrogens (tertiary/aromatic N) is 2. The van der Waals surface area contributed by atoms with Crippen LogP contribution in [0.3, 0.4) is 0 Å². The number of halogens is 1. The number of urea groups is 1. The van der Waals surface area contributed by atoms with Crippen LogP contribution >= 0.6 is 22.9 Å². The van der Waals surface area contributed by atoms with Gasteiger partial charge in [-0.1, -0.05) is 41.9 Å². The summed E-state index contributed by atoms with van der Waals surface area (Å²) in [4.78, 5) is 43.9. The highest BCUT2D eigenvalue weighted by Gasteiger charge is 2.65. The summed E-state index contributed by atoms with van der Waals surface area (Å²) in [5.41, 5.74) is -0.216. The molecule has 2 amide bonds. The molecule has 1 aliphatic heterocycles. The lowest BCUT2D eigenvalue weighted by Gasteiger charge is -2.37. The molecule has 2 N–H and O–H groups in total. The first-order chi connectivity index (χ1) is 20.2. The second-order valence-electron chi connectivity index (χ2n) is 10.1. The van der Waals surface area contributed by atoms with Crippen molar-refractivity contribution in [3.05, 3.63) is 117 Å². The largest absolute Gasteiger partial charge is 0.497 e. The van der Waals surface area contributed by atoms with Crippen molar-refractivity contribution in [1.82, 2.24) is 4.90 Å². The maximum Gasteiger partial charge on any atom is 0.330 e. The maximum absolute atomic E-state index is 14.4. The van der Waals surface area contributed by atoms with Crippen LogP contribution in [0.1, 0.15) is 45.2 Å². The van der Waals surface area contributed by atoms with Gasteiger partial charge in [0.1, 0.15) is 11.3 Å². The fourth-order valence-corrected chi connectivity index (χ4v) is 6.91. The Morgan fingerprint density at radius 2 is 1.76 bits per heavy atom. The molecule has 212 valence electrons.